The fraction of sp³-hybridized carbons (Fsp3) is 0.577. The van der Waals surface area contributed by atoms with E-state index in [9.17, 15) is 0 Å². The summed E-state index contributed by atoms with van der Waals surface area (Å²) in [5, 5.41) is 1.46. The molecule has 0 spiro atoms. The zero-order valence-corrected chi connectivity index (χ0v) is 74.3. The average Bonchev–Trinajstić information content (AvgIpc) is 0.847. The molecule has 2 aromatic rings. The Morgan fingerprint density at radius 2 is 0.935 bits per heavy atom. The molecule has 3 heteroatoms. The normalized spacial score (nSPS) is 21.6. The first-order valence-corrected chi connectivity index (χ1v) is 44.3. The largest absolute Gasteiger partial charge is 0.502 e. The fourth-order valence-electron chi connectivity index (χ4n) is 12.8. The van der Waals surface area contributed by atoms with Crippen molar-refractivity contribution >= 4 is 15.4 Å². The number of rotatable bonds is 4. The molecule has 600 valence electrons. The standard InChI is InChI=1S/2C10H16.C8H14.C7H10.2C7H12.C6H8Si.C6H10.C6H8.C6H6.2C6H12.C5H8O.C5H8.C5H10.C4H6O/c1-7-4-5-8-6-9(7)10(8,2)3;1-8(2)10-6-4-9(3)5-7-10;1-2-4-6-8-7-5-3-1;1-2-7-4-3-6(1)5-7;1-7-5-3-2-4-6-7;1-2-4-6-7-5-3-1;7-6-4-2-1-3-5-6;3*1-2-4-6-5-3-1;1-5-6(2,3)4;1-4-5-6(2)3;1-2-4-6-5-3-1;1-2-4-5-3-1;1-4-5(2)3;1-2-4-5-3-1/h4,8-9H,5-6H2,1-3H3;4,10H,1,5-7H2,2-3H3;1-2H,3-8H2;1-2,6-7H,3-5H2;5H,2-4,6H2,1H3;1-2H,3-7H2;1-5H,7H3;1-2H,3-6H2;1-4H,5-6H2;1-6H;5H,1H2,2-4H3;4,6H,1,5H2,2-3H3;2,4H,1,3,5H2;1-2H,3-5H2;2,4H2,1,3H3;1,3H,2,4H2. The average molecular weight is 1480 g/mol. The molecule has 4 bridgehead atoms. The Hall–Kier alpha value is -5.90. The van der Waals surface area contributed by atoms with Crippen molar-refractivity contribution in [2.24, 2.45) is 46.3 Å². The van der Waals surface area contributed by atoms with Gasteiger partial charge in [-0.15, -0.1) is 19.7 Å². The van der Waals surface area contributed by atoms with Crippen molar-refractivity contribution < 1.29 is 9.47 Å². The first kappa shape index (κ1) is 101. The molecule has 0 saturated heterocycles. The Morgan fingerprint density at radius 3 is 1.14 bits per heavy atom. The monoisotopic (exact) mass is 1480 g/mol. The highest BCUT2D eigenvalue weighted by atomic mass is 28.1. The van der Waals surface area contributed by atoms with E-state index in [1.807, 2.05) is 73.7 Å². The second-order valence-electron chi connectivity index (χ2n) is 33.1. The Morgan fingerprint density at radius 1 is 0.505 bits per heavy atom. The summed E-state index contributed by atoms with van der Waals surface area (Å²) in [4.78, 5) is 0. The Balaban J connectivity index is 0.00000112. The number of fused-ring (bicyclic) bond motifs is 3. The van der Waals surface area contributed by atoms with E-state index in [1.54, 1.807) is 29.2 Å². The van der Waals surface area contributed by atoms with Gasteiger partial charge in [-0.1, -0.05) is 296 Å². The van der Waals surface area contributed by atoms with Gasteiger partial charge in [0.1, 0.15) is 0 Å². The van der Waals surface area contributed by atoms with Crippen molar-refractivity contribution in [3.63, 3.8) is 0 Å². The fourth-order valence-corrected chi connectivity index (χ4v) is 13.2. The molecule has 5 unspecified atom stereocenters. The van der Waals surface area contributed by atoms with Crippen LogP contribution in [-0.2, 0) is 9.47 Å². The highest BCUT2D eigenvalue weighted by Gasteiger charge is 2.49. The van der Waals surface area contributed by atoms with Gasteiger partial charge < -0.3 is 9.47 Å². The summed E-state index contributed by atoms with van der Waals surface area (Å²) in [5.74, 6) is 5.45. The maximum absolute atomic E-state index is 4.89. The molecule has 0 radical (unpaired) electrons. The minimum atomic E-state index is 0.306. The predicted octanol–water partition coefficient (Wildman–Crippen LogP) is 31.9. The third-order valence-corrected chi connectivity index (χ3v) is 21.3. The molecule has 2 heterocycles. The van der Waals surface area contributed by atoms with E-state index in [4.69, 9.17) is 9.47 Å². The topological polar surface area (TPSA) is 18.5 Å². The van der Waals surface area contributed by atoms with Crippen molar-refractivity contribution in [2.75, 3.05) is 13.2 Å². The van der Waals surface area contributed by atoms with Crippen LogP contribution in [0.3, 0.4) is 0 Å². The number of benzene rings is 2. The minimum Gasteiger partial charge on any atom is -0.502 e. The summed E-state index contributed by atoms with van der Waals surface area (Å²) >= 11 is 0. The van der Waals surface area contributed by atoms with Crippen molar-refractivity contribution in [3.8, 4) is 0 Å². The zero-order valence-electron chi connectivity index (χ0n) is 72.3. The minimum absolute atomic E-state index is 0.306. The highest BCUT2D eigenvalue weighted by molar-refractivity contribution is 6.32. The SMILES string of the molecule is C1=CC2CCC1C2.C1=CCCC1.C1=CCCC=C1.C1=CCCCC1.C1=CCCCCC1.C1=CCCCCCC1.C1=COCC1.C1=COCCC1.C=C(C)C1CC=C(C)CC1.C=C(C)CC.C=CC(C)(C)C.C=CCC(C)C.CC1=CCC2CC1C2(C)C.CC1=CCCCC1.[SiH3]c1ccccc1.c1ccccc1. The molecule has 2 aliphatic heterocycles. The molecule has 2 nitrogen and oxygen atoms in total. The van der Waals surface area contributed by atoms with Gasteiger partial charge in [0.25, 0.3) is 0 Å². The van der Waals surface area contributed by atoms with Gasteiger partial charge >= 0.3 is 0 Å². The van der Waals surface area contributed by atoms with Crippen LogP contribution in [0.15, 0.2) is 261 Å². The van der Waals surface area contributed by atoms with Crippen LogP contribution in [0.5, 0.6) is 0 Å². The third-order valence-electron chi connectivity index (χ3n) is 20.7. The third kappa shape index (κ3) is 66.8. The summed E-state index contributed by atoms with van der Waals surface area (Å²) in [6.07, 6.45) is 99.6. The van der Waals surface area contributed by atoms with Crippen LogP contribution in [0.2, 0.25) is 0 Å². The highest BCUT2D eigenvalue weighted by Crippen LogP contribution is 2.59. The molecule has 2 fully saturated rings. The second-order valence-corrected chi connectivity index (χ2v) is 34.2. The van der Waals surface area contributed by atoms with Crippen LogP contribution < -0.4 is 5.19 Å². The van der Waals surface area contributed by atoms with E-state index < -0.39 is 0 Å². The Bertz CT molecular complexity index is 2680. The van der Waals surface area contributed by atoms with Crippen molar-refractivity contribution in [1.29, 1.82) is 0 Å². The first-order valence-electron chi connectivity index (χ1n) is 43.3. The van der Waals surface area contributed by atoms with Crippen LogP contribution in [0.1, 0.15) is 328 Å². The van der Waals surface area contributed by atoms with E-state index in [1.165, 1.54) is 245 Å². The van der Waals surface area contributed by atoms with Gasteiger partial charge in [0.2, 0.25) is 0 Å². The van der Waals surface area contributed by atoms with Gasteiger partial charge in [0, 0.05) is 16.7 Å². The number of hydrogen-bond acceptors (Lipinski definition) is 2. The number of allylic oxidation sites excluding steroid dienone is 25. The molecule has 14 aliphatic rings. The lowest BCUT2D eigenvalue weighted by Crippen LogP contribution is -2.47. The van der Waals surface area contributed by atoms with E-state index in [0.717, 1.165) is 68.0 Å². The quantitative estimate of drug-likeness (QED) is 0.224. The van der Waals surface area contributed by atoms with Crippen molar-refractivity contribution in [2.45, 2.75) is 328 Å². The van der Waals surface area contributed by atoms with Gasteiger partial charge in [-0.05, 0) is 305 Å². The van der Waals surface area contributed by atoms with E-state index >= 15 is 0 Å². The molecule has 0 aromatic heterocycles. The number of ether oxygens (including phenoxy) is 2. The Labute approximate surface area is 668 Å². The molecular formula is C104H168O2Si. The second kappa shape index (κ2) is 71.7. The summed E-state index contributed by atoms with van der Waals surface area (Å²) in [7, 11) is 1.17. The summed E-state index contributed by atoms with van der Waals surface area (Å²) in [5.41, 5.74) is 8.34. The molecule has 2 saturated carbocycles. The predicted molar refractivity (Wildman–Crippen MR) is 490 cm³/mol. The first-order chi connectivity index (χ1) is 51.7. The van der Waals surface area contributed by atoms with E-state index in [2.05, 4.69) is 237 Å². The van der Waals surface area contributed by atoms with Crippen molar-refractivity contribution in [3.05, 3.63) is 261 Å². The van der Waals surface area contributed by atoms with Crippen LogP contribution >= 0.6 is 0 Å². The summed E-state index contributed by atoms with van der Waals surface area (Å²) in [6, 6.07) is 22.5. The maximum Gasteiger partial charge on any atom is 0.0908 e. The lowest BCUT2D eigenvalue weighted by atomic mass is 9.49. The summed E-state index contributed by atoms with van der Waals surface area (Å²) in [6.45, 7) is 45.3. The number of hydrogen-bond donors (Lipinski definition) is 0. The van der Waals surface area contributed by atoms with E-state index in [0.29, 0.717) is 10.8 Å². The van der Waals surface area contributed by atoms with Gasteiger partial charge in [0.15, 0.2) is 0 Å². The van der Waals surface area contributed by atoms with Crippen LogP contribution in [0.25, 0.3) is 0 Å². The molecule has 12 aliphatic carbocycles. The lowest BCUT2D eigenvalue weighted by molar-refractivity contribution is -0.00579. The zero-order chi connectivity index (χ0) is 79.0. The molecule has 107 heavy (non-hydrogen) atoms. The summed E-state index contributed by atoms with van der Waals surface area (Å²) < 4.78 is 9.65. The molecule has 5 atom stereocenters. The van der Waals surface area contributed by atoms with Crippen molar-refractivity contribution in [1.82, 2.24) is 0 Å². The van der Waals surface area contributed by atoms with Gasteiger partial charge in [-0.2, -0.15) is 0 Å². The van der Waals surface area contributed by atoms with E-state index in [-0.39, 0.29) is 0 Å². The smallest absolute Gasteiger partial charge is 0.0908 e. The lowest BCUT2D eigenvalue weighted by Gasteiger charge is -2.56. The molecule has 0 amide bonds. The van der Waals surface area contributed by atoms with Gasteiger partial charge in [-0.25, -0.2) is 0 Å². The van der Waals surface area contributed by atoms with Crippen LogP contribution in [0, 0.1) is 46.3 Å². The molecule has 0 N–H and O–H groups in total. The van der Waals surface area contributed by atoms with Gasteiger partial charge in [-0.3, -0.25) is 0 Å². The van der Waals surface area contributed by atoms with Crippen LogP contribution in [-0.4, -0.2) is 23.5 Å². The molecular weight excluding hydrogens is 1310 g/mol. The molecule has 16 rings (SSSR count). The maximum atomic E-state index is 4.89. The molecule has 2 aromatic carbocycles. The van der Waals surface area contributed by atoms with Gasteiger partial charge in [0.05, 0.1) is 25.7 Å². The Kier molecular flexibility index (Phi) is 67.7. The van der Waals surface area contributed by atoms with Crippen LogP contribution in [0.4, 0.5) is 0 Å².